The lowest BCUT2D eigenvalue weighted by molar-refractivity contribution is -0.255. The van der Waals surface area contributed by atoms with E-state index in [0.717, 1.165) is 5.56 Å². The van der Waals surface area contributed by atoms with Crippen LogP contribution in [0.4, 0.5) is 0 Å². The number of nitriles is 1. The lowest BCUT2D eigenvalue weighted by Crippen LogP contribution is -2.23. The van der Waals surface area contributed by atoms with Crippen molar-refractivity contribution in [3.05, 3.63) is 34.4 Å². The number of aryl methyl sites for hydroxylation is 1. The molecular formula is C10H8NO2-. The molecular weight excluding hydrogens is 166 g/mol. The van der Waals surface area contributed by atoms with Gasteiger partial charge >= 0.3 is 0 Å². The van der Waals surface area contributed by atoms with E-state index in [1.165, 1.54) is 6.07 Å². The summed E-state index contributed by atoms with van der Waals surface area (Å²) < 4.78 is 0. The van der Waals surface area contributed by atoms with Gasteiger partial charge in [-0.1, -0.05) is 12.1 Å². The van der Waals surface area contributed by atoms with E-state index in [-0.39, 0.29) is 5.56 Å². The Morgan fingerprint density at radius 3 is 2.54 bits per heavy atom. The first kappa shape index (κ1) is 9.27. The summed E-state index contributed by atoms with van der Waals surface area (Å²) in [6, 6.07) is 5.03. The molecule has 0 bridgehead atoms. The van der Waals surface area contributed by atoms with Crippen molar-refractivity contribution in [2.45, 2.75) is 13.8 Å². The third-order valence-electron chi connectivity index (χ3n) is 2.01. The standard InChI is InChI=1S/C10H9NO2/c1-6-3-4-8(10(12)13)7(2)9(6)5-11/h3-4H,1-2H3,(H,12,13)/p-1. The zero-order valence-electron chi connectivity index (χ0n) is 7.42. The van der Waals surface area contributed by atoms with Gasteiger partial charge in [-0.15, -0.1) is 0 Å². The summed E-state index contributed by atoms with van der Waals surface area (Å²) in [4.78, 5) is 10.6. The molecule has 0 heterocycles. The van der Waals surface area contributed by atoms with Crippen LogP contribution in [0.3, 0.4) is 0 Å². The van der Waals surface area contributed by atoms with Crippen LogP contribution in [0.25, 0.3) is 0 Å². The maximum absolute atomic E-state index is 10.6. The number of benzene rings is 1. The van der Waals surface area contributed by atoms with E-state index >= 15 is 0 Å². The molecule has 0 radical (unpaired) electrons. The number of carbonyl (C=O) groups excluding carboxylic acids is 1. The normalized spacial score (nSPS) is 9.31. The highest BCUT2D eigenvalue weighted by Crippen LogP contribution is 2.16. The number of aromatic carboxylic acids is 1. The molecule has 13 heavy (non-hydrogen) atoms. The minimum atomic E-state index is -1.24. The van der Waals surface area contributed by atoms with Gasteiger partial charge in [0.2, 0.25) is 0 Å². The van der Waals surface area contributed by atoms with Gasteiger partial charge in [-0.05, 0) is 25.0 Å². The molecule has 0 unspecified atom stereocenters. The topological polar surface area (TPSA) is 63.9 Å². The highest BCUT2D eigenvalue weighted by molar-refractivity contribution is 5.88. The second kappa shape index (κ2) is 3.28. The number of hydrogen-bond donors (Lipinski definition) is 0. The molecule has 1 rings (SSSR count). The summed E-state index contributed by atoms with van der Waals surface area (Å²) >= 11 is 0. The lowest BCUT2D eigenvalue weighted by atomic mass is 9.99. The van der Waals surface area contributed by atoms with Gasteiger partial charge in [0.25, 0.3) is 0 Å². The van der Waals surface area contributed by atoms with Gasteiger partial charge in [0.1, 0.15) is 0 Å². The number of carboxylic acids is 1. The van der Waals surface area contributed by atoms with Crippen molar-refractivity contribution in [2.75, 3.05) is 0 Å². The van der Waals surface area contributed by atoms with Gasteiger partial charge < -0.3 is 9.90 Å². The Kier molecular flexibility index (Phi) is 2.34. The van der Waals surface area contributed by atoms with Gasteiger partial charge in [0.15, 0.2) is 0 Å². The van der Waals surface area contributed by atoms with E-state index in [0.29, 0.717) is 11.1 Å². The van der Waals surface area contributed by atoms with Crippen molar-refractivity contribution in [3.63, 3.8) is 0 Å². The average Bonchev–Trinajstić information content (AvgIpc) is 2.04. The van der Waals surface area contributed by atoms with Crippen LogP contribution < -0.4 is 5.11 Å². The fraction of sp³-hybridized carbons (Fsp3) is 0.200. The fourth-order valence-electron chi connectivity index (χ4n) is 1.24. The molecule has 0 spiro atoms. The van der Waals surface area contributed by atoms with Crippen molar-refractivity contribution in [1.82, 2.24) is 0 Å². The van der Waals surface area contributed by atoms with Gasteiger partial charge in [0.05, 0.1) is 17.6 Å². The average molecular weight is 174 g/mol. The van der Waals surface area contributed by atoms with Crippen LogP contribution in [0.5, 0.6) is 0 Å². The maximum Gasteiger partial charge on any atom is 0.0997 e. The molecule has 0 atom stereocenters. The third kappa shape index (κ3) is 1.52. The predicted octanol–water partition coefficient (Wildman–Crippen LogP) is 0.539. The van der Waals surface area contributed by atoms with Crippen LogP contribution >= 0.6 is 0 Å². The number of nitrogens with zero attached hydrogens (tertiary/aromatic N) is 1. The highest BCUT2D eigenvalue weighted by atomic mass is 16.4. The van der Waals surface area contributed by atoms with Gasteiger partial charge in [-0.3, -0.25) is 0 Å². The smallest absolute Gasteiger partial charge is 0.0997 e. The van der Waals surface area contributed by atoms with Crippen molar-refractivity contribution in [1.29, 1.82) is 5.26 Å². The molecule has 3 nitrogen and oxygen atoms in total. The van der Waals surface area contributed by atoms with Crippen LogP contribution in [-0.2, 0) is 0 Å². The molecule has 0 amide bonds. The Balaban J connectivity index is 3.47. The van der Waals surface area contributed by atoms with E-state index in [1.807, 2.05) is 6.07 Å². The SMILES string of the molecule is Cc1ccc(C(=O)[O-])c(C)c1C#N. The van der Waals surface area contributed by atoms with E-state index < -0.39 is 5.97 Å². The van der Waals surface area contributed by atoms with Crippen LogP contribution in [-0.4, -0.2) is 5.97 Å². The second-order valence-electron chi connectivity index (χ2n) is 2.83. The van der Waals surface area contributed by atoms with E-state index in [9.17, 15) is 9.90 Å². The van der Waals surface area contributed by atoms with E-state index in [1.54, 1.807) is 19.9 Å². The van der Waals surface area contributed by atoms with Gasteiger partial charge in [-0.25, -0.2) is 0 Å². The molecule has 66 valence electrons. The number of carboxylic acid groups (broad SMARTS) is 1. The monoisotopic (exact) mass is 174 g/mol. The number of rotatable bonds is 1. The molecule has 1 aromatic rings. The fourth-order valence-corrected chi connectivity index (χ4v) is 1.24. The van der Waals surface area contributed by atoms with Gasteiger partial charge in [0, 0.05) is 5.56 Å². The molecule has 1 aromatic carbocycles. The molecule has 0 aliphatic heterocycles. The minimum absolute atomic E-state index is 0.0853. The van der Waals surface area contributed by atoms with Gasteiger partial charge in [-0.2, -0.15) is 5.26 Å². The largest absolute Gasteiger partial charge is 0.545 e. The van der Waals surface area contributed by atoms with Crippen LogP contribution in [0.1, 0.15) is 27.0 Å². The summed E-state index contributed by atoms with van der Waals surface area (Å²) in [6.45, 7) is 3.38. The van der Waals surface area contributed by atoms with E-state index in [4.69, 9.17) is 5.26 Å². The molecule has 3 heteroatoms. The molecule has 0 aromatic heterocycles. The Labute approximate surface area is 76.2 Å². The molecule has 0 saturated heterocycles. The van der Waals surface area contributed by atoms with E-state index in [2.05, 4.69) is 0 Å². The highest BCUT2D eigenvalue weighted by Gasteiger charge is 2.06. The predicted molar refractivity (Wildman–Crippen MR) is 45.0 cm³/mol. The molecule has 0 fully saturated rings. The first-order chi connectivity index (χ1) is 6.07. The zero-order chi connectivity index (χ0) is 10.0. The Hall–Kier alpha value is -1.82. The quantitative estimate of drug-likeness (QED) is 0.624. The Morgan fingerprint density at radius 1 is 1.46 bits per heavy atom. The molecule has 0 aliphatic rings. The first-order valence-electron chi connectivity index (χ1n) is 3.79. The van der Waals surface area contributed by atoms with Crippen LogP contribution in [0, 0.1) is 25.2 Å². The van der Waals surface area contributed by atoms with Crippen LogP contribution in [0.2, 0.25) is 0 Å². The second-order valence-corrected chi connectivity index (χ2v) is 2.83. The summed E-state index contributed by atoms with van der Waals surface area (Å²) in [7, 11) is 0. The summed E-state index contributed by atoms with van der Waals surface area (Å²) in [5, 5.41) is 19.3. The van der Waals surface area contributed by atoms with Crippen molar-refractivity contribution in [2.24, 2.45) is 0 Å². The summed E-state index contributed by atoms with van der Waals surface area (Å²) in [5.74, 6) is -1.24. The number of hydrogen-bond acceptors (Lipinski definition) is 3. The zero-order valence-corrected chi connectivity index (χ0v) is 7.42. The summed E-state index contributed by atoms with van der Waals surface area (Å²) in [6.07, 6.45) is 0. The molecule has 0 aliphatic carbocycles. The van der Waals surface area contributed by atoms with Crippen molar-refractivity contribution >= 4 is 5.97 Å². The minimum Gasteiger partial charge on any atom is -0.545 e. The maximum atomic E-state index is 10.6. The Morgan fingerprint density at radius 2 is 2.08 bits per heavy atom. The van der Waals surface area contributed by atoms with Crippen molar-refractivity contribution in [3.8, 4) is 6.07 Å². The molecule has 0 N–H and O–H groups in total. The first-order valence-corrected chi connectivity index (χ1v) is 3.79. The Bertz CT molecular complexity index is 402. The van der Waals surface area contributed by atoms with Crippen molar-refractivity contribution < 1.29 is 9.90 Å². The lowest BCUT2D eigenvalue weighted by Gasteiger charge is -2.09. The van der Waals surface area contributed by atoms with Crippen LogP contribution in [0.15, 0.2) is 12.1 Å². The molecule has 0 saturated carbocycles. The summed E-state index contributed by atoms with van der Waals surface area (Å²) in [5.41, 5.74) is 1.76. The number of carbonyl (C=O) groups is 1. The third-order valence-corrected chi connectivity index (χ3v) is 2.01.